The van der Waals surface area contributed by atoms with Gasteiger partial charge in [-0.2, -0.15) is 0 Å². The fourth-order valence-electron chi connectivity index (χ4n) is 1.52. The Bertz CT molecular complexity index is 392. The Morgan fingerprint density at radius 3 is 2.72 bits per heavy atom. The summed E-state index contributed by atoms with van der Waals surface area (Å²) in [6.07, 6.45) is 1.72. The molecule has 1 aromatic heterocycles. The highest BCUT2D eigenvalue weighted by Gasteiger charge is 2.13. The van der Waals surface area contributed by atoms with E-state index in [0.717, 1.165) is 18.1 Å². The lowest BCUT2D eigenvalue weighted by Crippen LogP contribution is -2.40. The minimum absolute atomic E-state index is 0.00758. The summed E-state index contributed by atoms with van der Waals surface area (Å²) in [5, 5.41) is 9.15. The molecule has 1 amide bonds. The number of hydrogen-bond acceptors (Lipinski definition) is 4. The summed E-state index contributed by atoms with van der Waals surface area (Å²) in [4.78, 5) is 15.9. The second kappa shape index (κ2) is 6.83. The van der Waals surface area contributed by atoms with Crippen LogP contribution in [0.5, 0.6) is 0 Å². The molecule has 18 heavy (non-hydrogen) atoms. The monoisotopic (exact) mass is 250 g/mol. The first-order valence-corrected chi connectivity index (χ1v) is 6.29. The molecule has 1 aromatic rings. The zero-order chi connectivity index (χ0) is 13.5. The highest BCUT2D eigenvalue weighted by molar-refractivity contribution is 5.84. The van der Waals surface area contributed by atoms with Gasteiger partial charge >= 0.3 is 0 Å². The molecular formula is C13H22N4O. The molecule has 0 fully saturated rings. The number of carbonyl (C=O) groups excluding carboxylic acids is 1. The molecule has 0 saturated heterocycles. The number of rotatable bonds is 6. The maximum Gasteiger partial charge on any atom is 0.242 e. The van der Waals surface area contributed by atoms with Crippen LogP contribution < -0.4 is 16.0 Å². The first-order valence-electron chi connectivity index (χ1n) is 6.29. The van der Waals surface area contributed by atoms with Crippen LogP contribution in [0.15, 0.2) is 18.3 Å². The normalized spacial score (nSPS) is 12.1. The zero-order valence-corrected chi connectivity index (χ0v) is 11.4. The minimum Gasteiger partial charge on any atom is -0.374 e. The predicted molar refractivity (Wildman–Crippen MR) is 74.8 cm³/mol. The number of carbonyl (C=O) groups is 1. The fourth-order valence-corrected chi connectivity index (χ4v) is 1.52. The first-order chi connectivity index (χ1) is 8.52. The van der Waals surface area contributed by atoms with Crippen LogP contribution >= 0.6 is 0 Å². The van der Waals surface area contributed by atoms with Gasteiger partial charge in [-0.15, -0.1) is 0 Å². The first kappa shape index (κ1) is 14.3. The fraction of sp³-hybridized carbons (Fsp3) is 0.538. The Morgan fingerprint density at radius 1 is 1.39 bits per heavy atom. The topological polar surface area (TPSA) is 66.0 Å². The Balaban J connectivity index is 2.60. The molecule has 5 nitrogen and oxygen atoms in total. The summed E-state index contributed by atoms with van der Waals surface area (Å²) < 4.78 is 0. The van der Waals surface area contributed by atoms with Gasteiger partial charge in [0.1, 0.15) is 11.9 Å². The van der Waals surface area contributed by atoms with Crippen LogP contribution in [-0.2, 0) is 4.79 Å². The van der Waals surface area contributed by atoms with Gasteiger partial charge in [-0.25, -0.2) is 4.98 Å². The number of hydrogen-bond donors (Lipinski definition) is 3. The van der Waals surface area contributed by atoms with Gasteiger partial charge in [0.05, 0.1) is 0 Å². The van der Waals surface area contributed by atoms with Crippen molar-refractivity contribution in [2.75, 3.05) is 17.2 Å². The Kier molecular flexibility index (Phi) is 5.42. The van der Waals surface area contributed by atoms with Crippen molar-refractivity contribution >= 4 is 17.4 Å². The highest BCUT2D eigenvalue weighted by atomic mass is 16.2. The summed E-state index contributed by atoms with van der Waals surface area (Å²) in [5.41, 5.74) is 0.882. The minimum atomic E-state index is -0.274. The third-order valence-electron chi connectivity index (χ3n) is 2.33. The van der Waals surface area contributed by atoms with Crippen LogP contribution in [0.2, 0.25) is 0 Å². The van der Waals surface area contributed by atoms with Crippen molar-refractivity contribution in [3.05, 3.63) is 18.3 Å². The van der Waals surface area contributed by atoms with Crippen LogP contribution in [0.1, 0.15) is 27.7 Å². The number of amides is 1. The van der Waals surface area contributed by atoms with Gasteiger partial charge in [0.25, 0.3) is 0 Å². The van der Waals surface area contributed by atoms with Crippen LogP contribution in [0.4, 0.5) is 11.5 Å². The molecule has 0 aromatic carbocycles. The van der Waals surface area contributed by atoms with Crippen LogP contribution in [0, 0.1) is 0 Å². The van der Waals surface area contributed by atoms with E-state index in [1.165, 1.54) is 0 Å². The second-order valence-corrected chi connectivity index (χ2v) is 4.49. The Morgan fingerprint density at radius 2 is 2.11 bits per heavy atom. The molecular weight excluding hydrogens is 228 g/mol. The maximum absolute atomic E-state index is 11.8. The summed E-state index contributed by atoms with van der Waals surface area (Å²) in [7, 11) is 0. The van der Waals surface area contributed by atoms with E-state index < -0.39 is 0 Å². The summed E-state index contributed by atoms with van der Waals surface area (Å²) in [6.45, 7) is 8.56. The molecule has 0 aliphatic heterocycles. The average Bonchev–Trinajstić information content (AvgIpc) is 2.29. The molecule has 5 heteroatoms. The van der Waals surface area contributed by atoms with Crippen molar-refractivity contribution in [3.8, 4) is 0 Å². The standard InChI is InChI=1S/C13H22N4O/c1-5-14-12-8-11(6-7-15-12)17-10(4)13(18)16-9(2)3/h6-10H,5H2,1-4H3,(H,16,18)(H2,14,15,17). The largest absolute Gasteiger partial charge is 0.374 e. The van der Waals surface area contributed by atoms with E-state index in [-0.39, 0.29) is 18.0 Å². The van der Waals surface area contributed by atoms with E-state index in [1.807, 2.05) is 39.8 Å². The number of nitrogens with one attached hydrogen (secondary N) is 3. The highest BCUT2D eigenvalue weighted by Crippen LogP contribution is 2.12. The maximum atomic E-state index is 11.8. The summed E-state index contributed by atoms with van der Waals surface area (Å²) in [6, 6.07) is 3.61. The van der Waals surface area contributed by atoms with Gasteiger partial charge in [-0.1, -0.05) is 0 Å². The third-order valence-corrected chi connectivity index (χ3v) is 2.33. The van der Waals surface area contributed by atoms with E-state index in [9.17, 15) is 4.79 Å². The molecule has 0 saturated carbocycles. The molecule has 0 aliphatic carbocycles. The van der Waals surface area contributed by atoms with Gasteiger partial charge in [-0.05, 0) is 33.8 Å². The van der Waals surface area contributed by atoms with Crippen molar-refractivity contribution in [2.45, 2.75) is 39.8 Å². The summed E-state index contributed by atoms with van der Waals surface area (Å²) >= 11 is 0. The lowest BCUT2D eigenvalue weighted by molar-refractivity contribution is -0.122. The lowest BCUT2D eigenvalue weighted by Gasteiger charge is -2.17. The van der Waals surface area contributed by atoms with E-state index in [1.54, 1.807) is 6.20 Å². The lowest BCUT2D eigenvalue weighted by atomic mass is 10.2. The third kappa shape index (κ3) is 4.61. The predicted octanol–water partition coefficient (Wildman–Crippen LogP) is 1.84. The molecule has 100 valence electrons. The molecule has 1 atom stereocenters. The molecule has 0 radical (unpaired) electrons. The average molecular weight is 250 g/mol. The van der Waals surface area contributed by atoms with Gasteiger partial charge in [0.2, 0.25) is 5.91 Å². The quantitative estimate of drug-likeness (QED) is 0.720. The van der Waals surface area contributed by atoms with Gasteiger partial charge in [0.15, 0.2) is 0 Å². The molecule has 0 spiro atoms. The molecule has 0 aliphatic rings. The van der Waals surface area contributed by atoms with E-state index >= 15 is 0 Å². The zero-order valence-electron chi connectivity index (χ0n) is 11.4. The van der Waals surface area contributed by atoms with E-state index in [4.69, 9.17) is 0 Å². The van der Waals surface area contributed by atoms with Crippen LogP contribution in [-0.4, -0.2) is 29.5 Å². The summed E-state index contributed by atoms with van der Waals surface area (Å²) in [5.74, 6) is 0.797. The van der Waals surface area contributed by atoms with Gasteiger partial charge in [0, 0.05) is 30.5 Å². The number of aromatic nitrogens is 1. The van der Waals surface area contributed by atoms with Crippen molar-refractivity contribution in [1.82, 2.24) is 10.3 Å². The van der Waals surface area contributed by atoms with E-state index in [0.29, 0.717) is 0 Å². The number of anilines is 2. The van der Waals surface area contributed by atoms with Gasteiger partial charge in [-0.3, -0.25) is 4.79 Å². The molecule has 1 rings (SSSR count). The van der Waals surface area contributed by atoms with E-state index in [2.05, 4.69) is 20.9 Å². The molecule has 0 bridgehead atoms. The van der Waals surface area contributed by atoms with Gasteiger partial charge < -0.3 is 16.0 Å². The van der Waals surface area contributed by atoms with Crippen molar-refractivity contribution in [1.29, 1.82) is 0 Å². The van der Waals surface area contributed by atoms with Crippen LogP contribution in [0.3, 0.4) is 0 Å². The molecule has 3 N–H and O–H groups in total. The smallest absolute Gasteiger partial charge is 0.242 e. The number of pyridine rings is 1. The second-order valence-electron chi connectivity index (χ2n) is 4.49. The van der Waals surface area contributed by atoms with Crippen molar-refractivity contribution in [3.63, 3.8) is 0 Å². The van der Waals surface area contributed by atoms with Crippen molar-refractivity contribution < 1.29 is 4.79 Å². The molecule has 1 heterocycles. The van der Waals surface area contributed by atoms with Crippen LogP contribution in [0.25, 0.3) is 0 Å². The molecule has 1 unspecified atom stereocenters. The Hall–Kier alpha value is -1.78. The van der Waals surface area contributed by atoms with Crippen molar-refractivity contribution in [2.24, 2.45) is 0 Å². The SMILES string of the molecule is CCNc1cc(NC(C)C(=O)NC(C)C)ccn1. The number of nitrogens with zero attached hydrogens (tertiary/aromatic N) is 1. The Labute approximate surface area is 108 Å².